The Bertz CT molecular complexity index is 1600. The number of amides is 1. The fourth-order valence-corrected chi connectivity index (χ4v) is 5.41. The monoisotopic (exact) mass is 503 g/mol. The molecule has 0 radical (unpaired) electrons. The number of anilines is 2. The van der Waals surface area contributed by atoms with E-state index in [4.69, 9.17) is 4.74 Å². The van der Waals surface area contributed by atoms with Crippen LogP contribution in [0.3, 0.4) is 0 Å². The Hall–Kier alpha value is -4.52. The maximum Gasteiger partial charge on any atom is 0.274 e. The summed E-state index contributed by atoms with van der Waals surface area (Å²) in [6.07, 6.45) is 3.29. The summed E-state index contributed by atoms with van der Waals surface area (Å²) in [5.74, 6) is -1.20. The topological polar surface area (TPSA) is 131 Å². The van der Waals surface area contributed by atoms with Gasteiger partial charge in [0.25, 0.3) is 5.91 Å². The molecular weight excluding hydrogens is 485 g/mol. The highest BCUT2D eigenvalue weighted by Gasteiger charge is 2.40. The highest BCUT2D eigenvalue weighted by atomic mass is 32.1. The maximum atomic E-state index is 14.2. The molecule has 10 nitrogen and oxygen atoms in total. The van der Waals surface area contributed by atoms with Crippen molar-refractivity contribution >= 4 is 39.7 Å². The lowest BCUT2D eigenvalue weighted by Crippen LogP contribution is -2.55. The smallest absolute Gasteiger partial charge is 0.274 e. The van der Waals surface area contributed by atoms with Crippen molar-refractivity contribution in [2.75, 3.05) is 23.5 Å². The van der Waals surface area contributed by atoms with Crippen LogP contribution in [0.25, 0.3) is 21.5 Å². The number of fused-ring (bicyclic) bond motifs is 2. The van der Waals surface area contributed by atoms with Gasteiger partial charge in [0, 0.05) is 24.0 Å². The molecule has 1 aliphatic heterocycles. The first-order valence-corrected chi connectivity index (χ1v) is 11.5. The number of carbonyl (C=O) groups is 1. The van der Waals surface area contributed by atoms with Crippen LogP contribution in [0.4, 0.5) is 15.8 Å². The van der Waals surface area contributed by atoms with E-state index in [1.165, 1.54) is 24.3 Å². The van der Waals surface area contributed by atoms with Crippen LogP contribution >= 0.6 is 11.3 Å². The number of hydrogen-bond acceptors (Lipinski definition) is 9. The van der Waals surface area contributed by atoms with Gasteiger partial charge in [0.05, 0.1) is 66.8 Å². The second kappa shape index (κ2) is 8.92. The van der Waals surface area contributed by atoms with E-state index >= 15 is 0 Å². The van der Waals surface area contributed by atoms with Crippen LogP contribution in [-0.4, -0.2) is 45.6 Å². The zero-order chi connectivity index (χ0) is 25.6. The Morgan fingerprint density at radius 1 is 1.25 bits per heavy atom. The van der Waals surface area contributed by atoms with Crippen molar-refractivity contribution in [2.45, 2.75) is 12.8 Å². The summed E-state index contributed by atoms with van der Waals surface area (Å²) < 4.78 is 21.0. The minimum atomic E-state index is -1.43. The number of nitriles is 2. The number of methoxy groups -OCH3 is 1. The number of aliphatic hydroxyl groups excluding tert-OH is 1. The quantitative estimate of drug-likeness (QED) is 0.439. The van der Waals surface area contributed by atoms with Crippen molar-refractivity contribution in [3.63, 3.8) is 0 Å². The average molecular weight is 504 g/mol. The summed E-state index contributed by atoms with van der Waals surface area (Å²) in [4.78, 5) is 25.8. The molecule has 4 heterocycles. The third-order valence-corrected chi connectivity index (χ3v) is 7.09. The zero-order valence-electron chi connectivity index (χ0n) is 19.1. The van der Waals surface area contributed by atoms with Gasteiger partial charge in [-0.1, -0.05) is 0 Å². The third kappa shape index (κ3) is 3.51. The average Bonchev–Trinajstić information content (AvgIpc) is 3.49. The van der Waals surface area contributed by atoms with E-state index in [0.717, 1.165) is 17.4 Å². The zero-order valence-corrected chi connectivity index (χ0v) is 20.0. The minimum absolute atomic E-state index is 0.0429. The van der Waals surface area contributed by atoms with E-state index in [2.05, 4.69) is 16.0 Å². The van der Waals surface area contributed by atoms with Crippen molar-refractivity contribution in [2.24, 2.45) is 7.05 Å². The molecule has 5 rings (SSSR count). The summed E-state index contributed by atoms with van der Waals surface area (Å²) in [6.45, 7) is 0.136. The Kier molecular flexibility index (Phi) is 5.76. The molecule has 1 aliphatic rings. The van der Waals surface area contributed by atoms with E-state index in [9.17, 15) is 24.8 Å². The van der Waals surface area contributed by atoms with Crippen molar-refractivity contribution in [3.05, 3.63) is 53.2 Å². The molecule has 36 heavy (non-hydrogen) atoms. The number of thiophene rings is 1. The summed E-state index contributed by atoms with van der Waals surface area (Å²) in [5.41, 5.74) is 2.38. The van der Waals surface area contributed by atoms with E-state index < -0.39 is 18.1 Å². The number of carbonyl (C=O) groups excluding carboxylic acids is 1. The van der Waals surface area contributed by atoms with E-state index in [0.29, 0.717) is 37.7 Å². The number of imidazole rings is 1. The van der Waals surface area contributed by atoms with Crippen LogP contribution in [0.5, 0.6) is 5.75 Å². The first-order valence-electron chi connectivity index (χ1n) is 10.7. The summed E-state index contributed by atoms with van der Waals surface area (Å²) in [6, 6.07) is 8.19. The van der Waals surface area contributed by atoms with E-state index in [1.807, 2.05) is 6.07 Å². The van der Waals surface area contributed by atoms with Crippen LogP contribution in [0.2, 0.25) is 0 Å². The molecule has 0 bridgehead atoms. The van der Waals surface area contributed by atoms with Crippen LogP contribution < -0.4 is 14.5 Å². The Labute approximate surface area is 208 Å². The number of pyridine rings is 1. The summed E-state index contributed by atoms with van der Waals surface area (Å²) in [7, 11) is 3.09. The second-order valence-electron chi connectivity index (χ2n) is 7.97. The Morgan fingerprint density at radius 3 is 2.78 bits per heavy atom. The van der Waals surface area contributed by atoms with Gasteiger partial charge in [-0.05, 0) is 18.2 Å². The Morgan fingerprint density at radius 2 is 2.06 bits per heavy atom. The summed E-state index contributed by atoms with van der Waals surface area (Å²) >= 11 is 1.10. The van der Waals surface area contributed by atoms with Crippen LogP contribution in [0.15, 0.2) is 36.9 Å². The number of ether oxygens (including phenoxy) is 1. The fraction of sp³-hybridized carbons (Fsp3) is 0.208. The number of aliphatic hydroxyl groups is 1. The van der Waals surface area contributed by atoms with Crippen molar-refractivity contribution in [1.29, 1.82) is 10.5 Å². The molecule has 0 saturated heterocycles. The normalized spacial score (nSPS) is 15.1. The fourth-order valence-electron chi connectivity index (χ4n) is 4.28. The Balaban J connectivity index is 1.70. The van der Waals surface area contributed by atoms with Gasteiger partial charge >= 0.3 is 0 Å². The number of aromatic nitrogens is 3. The molecule has 0 saturated carbocycles. The standard InChI is InChI=1S/C24H18FN7O3S/c1-30-12-29-16-10-28-11-18(21(16)30)32-23(33)22-17(31(24(32)34)5-3-4-26)8-20(36-22)14-7-19(35-2)15(25)6-13(14)9-27/h6-8,10-12,24,34H,3,5H2,1-2H3. The second-order valence-corrected chi connectivity index (χ2v) is 9.03. The minimum Gasteiger partial charge on any atom is -0.494 e. The van der Waals surface area contributed by atoms with Crippen LogP contribution in [0.1, 0.15) is 21.7 Å². The molecule has 180 valence electrons. The van der Waals surface area contributed by atoms with Crippen LogP contribution in [-0.2, 0) is 7.05 Å². The molecule has 1 atom stereocenters. The van der Waals surface area contributed by atoms with Gasteiger partial charge in [-0.25, -0.2) is 9.37 Å². The lowest BCUT2D eigenvalue weighted by atomic mass is 10.1. The van der Waals surface area contributed by atoms with Gasteiger partial charge in [-0.3, -0.25) is 14.7 Å². The number of nitrogens with zero attached hydrogens (tertiary/aromatic N) is 7. The van der Waals surface area contributed by atoms with Gasteiger partial charge in [0.15, 0.2) is 11.6 Å². The molecular formula is C24H18FN7O3S. The molecule has 1 N–H and O–H groups in total. The molecule has 4 aromatic rings. The predicted octanol–water partition coefficient (Wildman–Crippen LogP) is 3.37. The van der Waals surface area contributed by atoms with Crippen LogP contribution in [0, 0.1) is 28.5 Å². The molecule has 12 heteroatoms. The number of benzene rings is 1. The van der Waals surface area contributed by atoms with Gasteiger partial charge in [-0.2, -0.15) is 10.5 Å². The molecule has 1 unspecified atom stereocenters. The van der Waals surface area contributed by atoms with Gasteiger partial charge in [0.2, 0.25) is 6.35 Å². The molecule has 3 aromatic heterocycles. The number of hydrogen-bond donors (Lipinski definition) is 1. The lowest BCUT2D eigenvalue weighted by Gasteiger charge is -2.40. The molecule has 1 amide bonds. The number of rotatable bonds is 5. The van der Waals surface area contributed by atoms with Gasteiger partial charge in [0.1, 0.15) is 10.4 Å². The van der Waals surface area contributed by atoms with E-state index in [1.54, 1.807) is 35.1 Å². The first kappa shape index (κ1) is 23.2. The maximum absolute atomic E-state index is 14.2. The third-order valence-electron chi connectivity index (χ3n) is 5.95. The van der Waals surface area contributed by atoms with Gasteiger partial charge in [-0.15, -0.1) is 11.3 Å². The predicted molar refractivity (Wildman–Crippen MR) is 130 cm³/mol. The van der Waals surface area contributed by atoms with E-state index in [-0.39, 0.29) is 24.3 Å². The first-order chi connectivity index (χ1) is 17.4. The van der Waals surface area contributed by atoms with Crippen molar-refractivity contribution < 1.29 is 19.0 Å². The molecule has 1 aromatic carbocycles. The highest BCUT2D eigenvalue weighted by Crippen LogP contribution is 2.44. The lowest BCUT2D eigenvalue weighted by molar-refractivity contribution is 0.0864. The molecule has 0 aliphatic carbocycles. The summed E-state index contributed by atoms with van der Waals surface area (Å²) in [5, 5.41) is 30.2. The number of halogens is 1. The number of aryl methyl sites for hydroxylation is 1. The van der Waals surface area contributed by atoms with Crippen molar-refractivity contribution in [1.82, 2.24) is 14.5 Å². The van der Waals surface area contributed by atoms with Crippen molar-refractivity contribution in [3.8, 4) is 28.3 Å². The SMILES string of the molecule is COc1cc(-c2cc3c(s2)C(=O)N(c2cncc4ncn(C)c24)C(O)N3CCC#N)c(C#N)cc1F. The largest absolute Gasteiger partial charge is 0.494 e. The van der Waals surface area contributed by atoms with Gasteiger partial charge < -0.3 is 19.3 Å². The highest BCUT2D eigenvalue weighted by molar-refractivity contribution is 7.18. The molecule has 0 fully saturated rings. The molecule has 0 spiro atoms.